The quantitative estimate of drug-likeness (QED) is 0.538. The van der Waals surface area contributed by atoms with Crippen LogP contribution < -0.4 is 0 Å². The summed E-state index contributed by atoms with van der Waals surface area (Å²) in [4.78, 5) is 4.02. The summed E-state index contributed by atoms with van der Waals surface area (Å²) >= 11 is 0. The maximum Gasteiger partial charge on any atom is 0.152 e. The van der Waals surface area contributed by atoms with E-state index in [0.29, 0.717) is 0 Å². The first-order valence-corrected chi connectivity index (χ1v) is 2.90. The topological polar surface area (TPSA) is 51.8 Å². The van der Waals surface area contributed by atoms with Crippen LogP contribution >= 0.6 is 0 Å². The Kier molecular flexibility index (Phi) is 0.943. The first-order valence-electron chi connectivity index (χ1n) is 2.90. The minimum absolute atomic E-state index is 0.757. The van der Waals surface area contributed by atoms with Crippen molar-refractivity contribution in [2.24, 2.45) is 0 Å². The molecule has 0 aromatic carbocycles. The monoisotopic (exact) mass is 135 g/mol. The molecular formula is C6H5N3O. The molecule has 10 heavy (non-hydrogen) atoms. The molecule has 2 aliphatic rings. The zero-order valence-corrected chi connectivity index (χ0v) is 5.40. The Labute approximate surface area is 57.2 Å². The molecule has 0 fully saturated rings. The minimum atomic E-state index is 0.757. The average Bonchev–Trinajstić information content (AvgIpc) is 2.34. The van der Waals surface area contributed by atoms with Crippen molar-refractivity contribution in [3.63, 3.8) is 0 Å². The summed E-state index contributed by atoms with van der Waals surface area (Å²) in [6.07, 6.45) is 3.23. The third-order valence-electron chi connectivity index (χ3n) is 1.37. The molecule has 2 aliphatic heterocycles. The van der Waals surface area contributed by atoms with Crippen molar-refractivity contribution in [3.8, 4) is 11.4 Å². The Morgan fingerprint density at radius 1 is 1.50 bits per heavy atom. The predicted octanol–water partition coefficient (Wildman–Crippen LogP) is 0.878. The van der Waals surface area contributed by atoms with Gasteiger partial charge in [-0.3, -0.25) is 4.98 Å². The average molecular weight is 135 g/mol. The van der Waals surface area contributed by atoms with E-state index in [4.69, 9.17) is 0 Å². The number of aryl methyl sites for hydroxylation is 1. The number of fused-ring (bicyclic) bond motifs is 1. The highest BCUT2D eigenvalue weighted by Crippen LogP contribution is 2.18. The van der Waals surface area contributed by atoms with Gasteiger partial charge in [0.1, 0.15) is 11.4 Å². The van der Waals surface area contributed by atoms with E-state index in [9.17, 15) is 0 Å². The summed E-state index contributed by atoms with van der Waals surface area (Å²) < 4.78 is 4.58. The Bertz CT molecular complexity index is 317. The first-order chi connectivity index (χ1) is 4.88. The molecule has 0 aliphatic carbocycles. The van der Waals surface area contributed by atoms with Gasteiger partial charge >= 0.3 is 0 Å². The molecule has 2 rings (SSSR count). The van der Waals surface area contributed by atoms with Crippen molar-refractivity contribution in [1.82, 2.24) is 15.4 Å². The van der Waals surface area contributed by atoms with Gasteiger partial charge in [0.2, 0.25) is 0 Å². The van der Waals surface area contributed by atoms with E-state index in [0.717, 1.165) is 17.0 Å². The lowest BCUT2D eigenvalue weighted by atomic mass is 10.2. The van der Waals surface area contributed by atoms with E-state index in [1.54, 1.807) is 6.20 Å². The largest absolute Gasteiger partial charge is 0.345 e. The molecular weight excluding hydrogens is 130 g/mol. The molecule has 0 aromatic rings. The number of nitrogens with zero attached hydrogens (tertiary/aromatic N) is 3. The molecule has 0 amide bonds. The van der Waals surface area contributed by atoms with Crippen LogP contribution in [0, 0.1) is 6.92 Å². The van der Waals surface area contributed by atoms with Gasteiger partial charge in [-0.2, -0.15) is 0 Å². The number of hydrogen-bond donors (Lipinski definition) is 0. The molecule has 0 saturated carbocycles. The van der Waals surface area contributed by atoms with E-state index >= 15 is 0 Å². The lowest BCUT2D eigenvalue weighted by Gasteiger charge is -1.90. The smallest absolute Gasteiger partial charge is 0.152 e. The predicted molar refractivity (Wildman–Crippen MR) is 33.5 cm³/mol. The number of rotatable bonds is 0. The summed E-state index contributed by atoms with van der Waals surface area (Å²) in [5, 5.41) is 7.14. The fraction of sp³-hybridized carbons (Fsp3) is 0.167. The first kappa shape index (κ1) is 5.34. The Balaban J connectivity index is 2.78. The third kappa shape index (κ3) is 0.586. The van der Waals surface area contributed by atoms with Crippen molar-refractivity contribution < 1.29 is 4.52 Å². The SMILES string of the molecule is Cc1cnc2connc1-2. The van der Waals surface area contributed by atoms with Crippen LogP contribution in [0.2, 0.25) is 0 Å². The van der Waals surface area contributed by atoms with E-state index in [-0.39, 0.29) is 0 Å². The zero-order valence-electron chi connectivity index (χ0n) is 5.40. The fourth-order valence-corrected chi connectivity index (χ4v) is 0.845. The van der Waals surface area contributed by atoms with Gasteiger partial charge in [-0.05, 0) is 12.5 Å². The van der Waals surface area contributed by atoms with Gasteiger partial charge in [0, 0.05) is 11.5 Å². The highest BCUT2D eigenvalue weighted by molar-refractivity contribution is 5.57. The maximum absolute atomic E-state index is 4.58. The highest BCUT2D eigenvalue weighted by Gasteiger charge is 2.09. The second-order valence-corrected chi connectivity index (χ2v) is 2.08. The third-order valence-corrected chi connectivity index (χ3v) is 1.37. The molecule has 0 saturated heterocycles. The van der Waals surface area contributed by atoms with Crippen molar-refractivity contribution >= 4 is 0 Å². The molecule has 50 valence electrons. The summed E-state index contributed by atoms with van der Waals surface area (Å²) in [6, 6.07) is 0. The van der Waals surface area contributed by atoms with Gasteiger partial charge in [0.25, 0.3) is 0 Å². The van der Waals surface area contributed by atoms with Gasteiger partial charge < -0.3 is 4.52 Å². The Morgan fingerprint density at radius 2 is 2.40 bits per heavy atom. The van der Waals surface area contributed by atoms with Crippen LogP contribution in [0.5, 0.6) is 0 Å². The van der Waals surface area contributed by atoms with Crippen LogP contribution in [0.1, 0.15) is 5.56 Å². The minimum Gasteiger partial charge on any atom is -0.345 e. The van der Waals surface area contributed by atoms with Gasteiger partial charge in [0.05, 0.1) is 0 Å². The molecule has 0 spiro atoms. The van der Waals surface area contributed by atoms with Crippen molar-refractivity contribution in [2.75, 3.05) is 0 Å². The fourth-order valence-electron chi connectivity index (χ4n) is 0.845. The second kappa shape index (κ2) is 1.76. The van der Waals surface area contributed by atoms with Gasteiger partial charge in [-0.25, -0.2) is 0 Å². The zero-order chi connectivity index (χ0) is 6.97. The lowest BCUT2D eigenvalue weighted by molar-refractivity contribution is 0.360. The molecule has 0 radical (unpaired) electrons. The van der Waals surface area contributed by atoms with E-state index < -0.39 is 0 Å². The van der Waals surface area contributed by atoms with Crippen molar-refractivity contribution in [2.45, 2.75) is 6.92 Å². The highest BCUT2D eigenvalue weighted by atomic mass is 16.5. The summed E-state index contributed by atoms with van der Waals surface area (Å²) in [7, 11) is 0. The summed E-state index contributed by atoms with van der Waals surface area (Å²) in [5.41, 5.74) is 2.59. The van der Waals surface area contributed by atoms with Crippen LogP contribution in [0.4, 0.5) is 0 Å². The molecule has 4 heteroatoms. The Hall–Kier alpha value is -1.45. The van der Waals surface area contributed by atoms with Gasteiger partial charge in [-0.1, -0.05) is 0 Å². The van der Waals surface area contributed by atoms with Crippen LogP contribution in [-0.4, -0.2) is 15.4 Å². The maximum atomic E-state index is 4.58. The number of hydrogen-bond acceptors (Lipinski definition) is 4. The normalized spacial score (nSPS) is 10.5. The van der Waals surface area contributed by atoms with Gasteiger partial charge in [-0.15, -0.1) is 5.10 Å². The van der Waals surface area contributed by atoms with Crippen LogP contribution in [0.15, 0.2) is 17.0 Å². The van der Waals surface area contributed by atoms with Gasteiger partial charge in [0.15, 0.2) is 6.26 Å². The van der Waals surface area contributed by atoms with E-state index in [2.05, 4.69) is 19.9 Å². The standard InChI is InChI=1S/C6H5N3O/c1-4-2-7-5-3-10-9-8-6(4)5/h2-3H,1H3. The van der Waals surface area contributed by atoms with Crippen LogP contribution in [-0.2, 0) is 0 Å². The van der Waals surface area contributed by atoms with Crippen molar-refractivity contribution in [3.05, 3.63) is 18.0 Å². The molecule has 0 unspecified atom stereocenters. The summed E-state index contributed by atoms with van der Waals surface area (Å²) in [5.74, 6) is 0. The number of aromatic nitrogens is 3. The summed E-state index contributed by atoms with van der Waals surface area (Å²) in [6.45, 7) is 1.93. The lowest BCUT2D eigenvalue weighted by Crippen LogP contribution is -1.85. The molecule has 0 bridgehead atoms. The molecule has 0 N–H and O–H groups in total. The molecule has 0 aromatic heterocycles. The molecule has 0 atom stereocenters. The van der Waals surface area contributed by atoms with Crippen LogP contribution in [0.3, 0.4) is 0 Å². The molecule has 4 nitrogen and oxygen atoms in total. The van der Waals surface area contributed by atoms with Crippen LogP contribution in [0.25, 0.3) is 11.4 Å². The van der Waals surface area contributed by atoms with E-state index in [1.807, 2.05) is 6.92 Å². The second-order valence-electron chi connectivity index (χ2n) is 2.08. The Morgan fingerprint density at radius 3 is 3.20 bits per heavy atom. The van der Waals surface area contributed by atoms with Crippen molar-refractivity contribution in [1.29, 1.82) is 0 Å². The van der Waals surface area contributed by atoms with E-state index in [1.165, 1.54) is 6.26 Å². The molecule has 2 heterocycles.